The molecule has 0 unspecified atom stereocenters. The van der Waals surface area contributed by atoms with Crippen LogP contribution < -0.4 is 10.2 Å². The Labute approximate surface area is 107 Å². The summed E-state index contributed by atoms with van der Waals surface area (Å²) in [5.41, 5.74) is 0. The summed E-state index contributed by atoms with van der Waals surface area (Å²) in [6.45, 7) is 6.60. The van der Waals surface area contributed by atoms with E-state index < -0.39 is 0 Å². The van der Waals surface area contributed by atoms with Gasteiger partial charge in [-0.25, -0.2) is 0 Å². The second-order valence-corrected chi connectivity index (χ2v) is 4.43. The van der Waals surface area contributed by atoms with Crippen molar-refractivity contribution in [1.82, 2.24) is 20.5 Å². The summed E-state index contributed by atoms with van der Waals surface area (Å²) in [5.74, 6) is 1.51. The third kappa shape index (κ3) is 3.66. The van der Waals surface area contributed by atoms with Crippen LogP contribution in [0.4, 0.5) is 5.95 Å². The molecule has 0 saturated carbocycles. The highest BCUT2D eigenvalue weighted by Crippen LogP contribution is 2.10. The number of rotatable bonds is 6. The number of aromatic amines is 1. The highest BCUT2D eigenvalue weighted by atomic mass is 16.5. The highest BCUT2D eigenvalue weighted by molar-refractivity contribution is 5.29. The molecule has 0 amide bonds. The van der Waals surface area contributed by atoms with E-state index in [1.54, 1.807) is 7.11 Å². The van der Waals surface area contributed by atoms with Gasteiger partial charge in [0.25, 0.3) is 0 Å². The molecular formula is C11H21N5O2. The first kappa shape index (κ1) is 13.3. The molecular weight excluding hydrogens is 234 g/mol. The molecule has 0 bridgehead atoms. The molecule has 1 aromatic rings. The Balaban J connectivity index is 1.81. The number of hydrogen-bond donors (Lipinski definition) is 2. The number of H-pyrrole nitrogens is 1. The molecule has 0 radical (unpaired) electrons. The minimum Gasteiger partial charge on any atom is -0.382 e. The molecule has 0 aromatic carbocycles. The van der Waals surface area contributed by atoms with Crippen LogP contribution in [0.3, 0.4) is 0 Å². The Hall–Kier alpha value is -1.18. The molecule has 0 aliphatic carbocycles. The summed E-state index contributed by atoms with van der Waals surface area (Å²) >= 11 is 0. The van der Waals surface area contributed by atoms with Gasteiger partial charge in [-0.2, -0.15) is 4.98 Å². The predicted octanol–water partition coefficient (Wildman–Crippen LogP) is -0.234. The maximum atomic E-state index is 5.39. The molecule has 1 aliphatic rings. The van der Waals surface area contributed by atoms with Gasteiger partial charge >= 0.3 is 0 Å². The van der Waals surface area contributed by atoms with Gasteiger partial charge in [-0.3, -0.25) is 5.10 Å². The van der Waals surface area contributed by atoms with Gasteiger partial charge in [-0.1, -0.05) is 0 Å². The lowest BCUT2D eigenvalue weighted by molar-refractivity contribution is 0.0587. The van der Waals surface area contributed by atoms with Gasteiger partial charge in [0, 0.05) is 32.8 Å². The lowest BCUT2D eigenvalue weighted by atomic mass is 10.2. The van der Waals surface area contributed by atoms with Crippen molar-refractivity contribution in [3.8, 4) is 0 Å². The zero-order valence-electron chi connectivity index (χ0n) is 11.0. The fourth-order valence-corrected chi connectivity index (χ4v) is 1.92. The van der Waals surface area contributed by atoms with Crippen LogP contribution in [0.1, 0.15) is 12.7 Å². The Bertz CT molecular complexity index is 357. The quantitative estimate of drug-likeness (QED) is 0.684. The number of ether oxygens (including phenoxy) is 2. The van der Waals surface area contributed by atoms with Crippen LogP contribution in [-0.2, 0) is 16.1 Å². The van der Waals surface area contributed by atoms with E-state index in [-0.39, 0.29) is 0 Å². The van der Waals surface area contributed by atoms with Crippen LogP contribution in [0.5, 0.6) is 0 Å². The SMILES string of the molecule is COCCOCc1nc(N2CCN[C@@H](C)C2)n[nH]1. The Kier molecular flexibility index (Phi) is 4.91. The molecule has 7 nitrogen and oxygen atoms in total. The molecule has 2 N–H and O–H groups in total. The summed E-state index contributed by atoms with van der Waals surface area (Å²) in [5, 5.41) is 10.5. The third-order valence-corrected chi connectivity index (χ3v) is 2.84. The van der Waals surface area contributed by atoms with Gasteiger partial charge in [0.2, 0.25) is 5.95 Å². The third-order valence-electron chi connectivity index (χ3n) is 2.84. The molecule has 1 aromatic heterocycles. The molecule has 18 heavy (non-hydrogen) atoms. The normalized spacial score (nSPS) is 20.3. The second-order valence-electron chi connectivity index (χ2n) is 4.43. The number of nitrogens with zero attached hydrogens (tertiary/aromatic N) is 3. The minimum atomic E-state index is 0.442. The van der Waals surface area contributed by atoms with E-state index in [1.807, 2.05) is 0 Å². The van der Waals surface area contributed by atoms with Gasteiger partial charge < -0.3 is 19.7 Å². The first-order valence-corrected chi connectivity index (χ1v) is 6.26. The molecule has 1 atom stereocenters. The van der Waals surface area contributed by atoms with Crippen molar-refractivity contribution in [2.45, 2.75) is 19.6 Å². The molecule has 2 rings (SSSR count). The molecule has 1 saturated heterocycles. The highest BCUT2D eigenvalue weighted by Gasteiger charge is 2.19. The van der Waals surface area contributed by atoms with Crippen LogP contribution in [0.15, 0.2) is 0 Å². The molecule has 1 aliphatic heterocycles. The number of hydrogen-bond acceptors (Lipinski definition) is 6. The molecule has 2 heterocycles. The standard InChI is InChI=1S/C11H21N5O2/c1-9-7-16(4-3-12-9)11-13-10(14-15-11)8-18-6-5-17-2/h9,12H,3-8H2,1-2H3,(H,13,14,15)/t9-/m0/s1. The second kappa shape index (κ2) is 6.67. The average Bonchev–Trinajstić information content (AvgIpc) is 2.83. The summed E-state index contributed by atoms with van der Waals surface area (Å²) in [4.78, 5) is 6.61. The van der Waals surface area contributed by atoms with Crippen LogP contribution in [0, 0.1) is 0 Å². The van der Waals surface area contributed by atoms with Crippen molar-refractivity contribution < 1.29 is 9.47 Å². The fourth-order valence-electron chi connectivity index (χ4n) is 1.92. The van der Waals surface area contributed by atoms with E-state index in [9.17, 15) is 0 Å². The largest absolute Gasteiger partial charge is 0.382 e. The van der Waals surface area contributed by atoms with E-state index in [4.69, 9.17) is 9.47 Å². The summed E-state index contributed by atoms with van der Waals surface area (Å²) in [7, 11) is 1.65. The Morgan fingerprint density at radius 1 is 1.44 bits per heavy atom. The van der Waals surface area contributed by atoms with E-state index in [0.717, 1.165) is 31.4 Å². The zero-order valence-corrected chi connectivity index (χ0v) is 11.0. The minimum absolute atomic E-state index is 0.442. The van der Waals surface area contributed by atoms with Gasteiger partial charge in [0.05, 0.1) is 13.2 Å². The smallest absolute Gasteiger partial charge is 0.244 e. The van der Waals surface area contributed by atoms with Crippen molar-refractivity contribution in [2.24, 2.45) is 0 Å². The first-order valence-electron chi connectivity index (χ1n) is 6.26. The summed E-state index contributed by atoms with van der Waals surface area (Å²) in [6, 6.07) is 0.471. The maximum absolute atomic E-state index is 5.39. The first-order chi connectivity index (χ1) is 8.79. The number of aromatic nitrogens is 3. The monoisotopic (exact) mass is 255 g/mol. The number of piperazine rings is 1. The molecule has 7 heteroatoms. The van der Waals surface area contributed by atoms with Gasteiger partial charge in [-0.05, 0) is 6.92 Å². The van der Waals surface area contributed by atoms with E-state index in [2.05, 4.69) is 32.3 Å². The summed E-state index contributed by atoms with van der Waals surface area (Å²) < 4.78 is 10.3. The van der Waals surface area contributed by atoms with Crippen LogP contribution in [0.25, 0.3) is 0 Å². The van der Waals surface area contributed by atoms with Gasteiger partial charge in [0.1, 0.15) is 6.61 Å². The van der Waals surface area contributed by atoms with Crippen molar-refractivity contribution >= 4 is 5.95 Å². The topological polar surface area (TPSA) is 75.3 Å². The van der Waals surface area contributed by atoms with Crippen LogP contribution >= 0.6 is 0 Å². The van der Waals surface area contributed by atoms with Crippen LogP contribution in [0.2, 0.25) is 0 Å². The number of nitrogens with one attached hydrogen (secondary N) is 2. The van der Waals surface area contributed by atoms with E-state index in [0.29, 0.717) is 25.9 Å². The molecule has 1 fully saturated rings. The van der Waals surface area contributed by atoms with Crippen molar-refractivity contribution in [1.29, 1.82) is 0 Å². The lowest BCUT2D eigenvalue weighted by Gasteiger charge is -2.30. The van der Waals surface area contributed by atoms with Gasteiger partial charge in [0.15, 0.2) is 5.82 Å². The number of anilines is 1. The fraction of sp³-hybridized carbons (Fsp3) is 0.818. The molecule has 0 spiro atoms. The van der Waals surface area contributed by atoms with E-state index in [1.165, 1.54) is 0 Å². The Morgan fingerprint density at radius 2 is 2.33 bits per heavy atom. The molecule has 102 valence electrons. The van der Waals surface area contributed by atoms with E-state index >= 15 is 0 Å². The van der Waals surface area contributed by atoms with Crippen molar-refractivity contribution in [3.63, 3.8) is 0 Å². The zero-order chi connectivity index (χ0) is 12.8. The Morgan fingerprint density at radius 3 is 3.11 bits per heavy atom. The predicted molar refractivity (Wildman–Crippen MR) is 67.6 cm³/mol. The van der Waals surface area contributed by atoms with Crippen LogP contribution in [-0.4, -0.2) is 61.2 Å². The lowest BCUT2D eigenvalue weighted by Crippen LogP contribution is -2.49. The summed E-state index contributed by atoms with van der Waals surface area (Å²) in [6.07, 6.45) is 0. The van der Waals surface area contributed by atoms with Crippen molar-refractivity contribution in [3.05, 3.63) is 5.82 Å². The average molecular weight is 255 g/mol. The number of methoxy groups -OCH3 is 1. The maximum Gasteiger partial charge on any atom is 0.244 e. The van der Waals surface area contributed by atoms with Crippen molar-refractivity contribution in [2.75, 3.05) is 44.9 Å². The van der Waals surface area contributed by atoms with Gasteiger partial charge in [-0.15, -0.1) is 5.10 Å².